The second-order valence-electron chi connectivity index (χ2n) is 13.1. The molecule has 0 bridgehead atoms. The number of oxazole rings is 1. The van der Waals surface area contributed by atoms with Crippen molar-refractivity contribution in [1.82, 2.24) is 4.98 Å². The highest BCUT2D eigenvalue weighted by Crippen LogP contribution is 2.43. The molecule has 3 aromatic heterocycles. The third-order valence-electron chi connectivity index (χ3n) is 10.1. The number of fused-ring (bicyclic) bond motifs is 9. The van der Waals surface area contributed by atoms with Crippen LogP contribution in [0.5, 0.6) is 0 Å². The molecule has 0 saturated heterocycles. The third kappa shape index (κ3) is 4.46. The summed E-state index contributed by atoms with van der Waals surface area (Å²) in [6, 6.07) is 58.7. The van der Waals surface area contributed by atoms with Gasteiger partial charge < -0.3 is 18.2 Å². The van der Waals surface area contributed by atoms with Crippen molar-refractivity contribution in [3.8, 4) is 22.6 Å². The van der Waals surface area contributed by atoms with Crippen molar-refractivity contribution in [2.45, 2.75) is 0 Å². The monoisotopic (exact) mass is 668 g/mol. The van der Waals surface area contributed by atoms with Crippen molar-refractivity contribution in [3.05, 3.63) is 170 Å². The summed E-state index contributed by atoms with van der Waals surface area (Å²) in [4.78, 5) is 7.19. The van der Waals surface area contributed by atoms with Gasteiger partial charge in [0.25, 0.3) is 0 Å². The summed E-state index contributed by atoms with van der Waals surface area (Å²) in [5.74, 6) is 0.591. The number of para-hydroxylation sites is 1. The first-order valence-electron chi connectivity index (χ1n) is 17.4. The van der Waals surface area contributed by atoms with E-state index in [-0.39, 0.29) is 0 Å². The van der Waals surface area contributed by atoms with Crippen molar-refractivity contribution in [2.24, 2.45) is 0 Å². The SMILES string of the molecule is c1ccc(-c2nc3c(ccc4oc5cc(N(c6ccc(-c7cccc8ccccc78)cc6)c6ccc7c(c6)oc6ccccc67)ccc5c43)o2)cc1. The van der Waals surface area contributed by atoms with Crippen LogP contribution in [0.15, 0.2) is 183 Å². The van der Waals surface area contributed by atoms with E-state index in [4.69, 9.17) is 18.2 Å². The highest BCUT2D eigenvalue weighted by molar-refractivity contribution is 6.17. The van der Waals surface area contributed by atoms with Gasteiger partial charge in [0.15, 0.2) is 5.58 Å². The number of anilines is 3. The van der Waals surface area contributed by atoms with Gasteiger partial charge in [0.05, 0.1) is 5.39 Å². The van der Waals surface area contributed by atoms with E-state index in [0.717, 1.165) is 83.2 Å². The van der Waals surface area contributed by atoms with E-state index in [9.17, 15) is 0 Å². The molecule has 0 saturated carbocycles. The topological polar surface area (TPSA) is 55.6 Å². The second kappa shape index (κ2) is 11.2. The van der Waals surface area contributed by atoms with Crippen LogP contribution in [0.3, 0.4) is 0 Å². The van der Waals surface area contributed by atoms with Crippen LogP contribution >= 0.6 is 0 Å². The lowest BCUT2D eigenvalue weighted by Crippen LogP contribution is -2.09. The Balaban J connectivity index is 1.07. The molecule has 11 aromatic rings. The highest BCUT2D eigenvalue weighted by atomic mass is 16.4. The highest BCUT2D eigenvalue weighted by Gasteiger charge is 2.20. The average molecular weight is 669 g/mol. The molecule has 0 N–H and O–H groups in total. The molecule has 0 aliphatic rings. The maximum atomic E-state index is 6.54. The molecule has 0 aliphatic heterocycles. The van der Waals surface area contributed by atoms with Crippen LogP contribution in [-0.4, -0.2) is 4.98 Å². The van der Waals surface area contributed by atoms with Crippen molar-refractivity contribution in [2.75, 3.05) is 4.90 Å². The molecular weight excluding hydrogens is 641 g/mol. The smallest absolute Gasteiger partial charge is 0.227 e. The second-order valence-corrected chi connectivity index (χ2v) is 13.1. The van der Waals surface area contributed by atoms with Gasteiger partial charge in [-0.15, -0.1) is 0 Å². The summed E-state index contributed by atoms with van der Waals surface area (Å²) in [5, 5.41) is 6.58. The van der Waals surface area contributed by atoms with Crippen LogP contribution in [0, 0.1) is 0 Å². The molecule has 3 heterocycles. The summed E-state index contributed by atoms with van der Waals surface area (Å²) in [6.45, 7) is 0. The van der Waals surface area contributed by atoms with E-state index in [2.05, 4.69) is 114 Å². The van der Waals surface area contributed by atoms with Crippen molar-refractivity contribution >= 4 is 82.8 Å². The Morgan fingerprint density at radius 3 is 1.87 bits per heavy atom. The van der Waals surface area contributed by atoms with Gasteiger partial charge in [0, 0.05) is 50.9 Å². The van der Waals surface area contributed by atoms with Crippen molar-refractivity contribution in [3.63, 3.8) is 0 Å². The van der Waals surface area contributed by atoms with E-state index in [1.807, 2.05) is 60.7 Å². The quantitative estimate of drug-likeness (QED) is 0.183. The van der Waals surface area contributed by atoms with E-state index in [1.54, 1.807) is 0 Å². The van der Waals surface area contributed by atoms with E-state index in [1.165, 1.54) is 16.3 Å². The number of nitrogens with zero attached hydrogens (tertiary/aromatic N) is 2. The third-order valence-corrected chi connectivity index (χ3v) is 10.1. The number of hydrogen-bond acceptors (Lipinski definition) is 5. The maximum absolute atomic E-state index is 6.54. The zero-order valence-corrected chi connectivity index (χ0v) is 27.8. The molecule has 52 heavy (non-hydrogen) atoms. The zero-order chi connectivity index (χ0) is 34.2. The van der Waals surface area contributed by atoms with Gasteiger partial charge in [-0.25, -0.2) is 4.98 Å². The molecule has 5 heteroatoms. The number of furan rings is 2. The number of benzene rings is 8. The standard InChI is InChI=1S/C47H28N2O3/c1-2-10-31(11-3-1)47-48-46-42(52-47)26-25-41-45(46)39-24-22-34(28-44(39)51-41)49(33-21-23-38-37-14-6-7-16-40(37)50-43(38)27-33)32-19-17-30(18-20-32)36-15-8-12-29-9-4-5-13-35(29)36/h1-28H. The molecule has 0 spiro atoms. The molecule has 11 rings (SSSR count). The van der Waals surface area contributed by atoms with Gasteiger partial charge in [-0.2, -0.15) is 0 Å². The summed E-state index contributed by atoms with van der Waals surface area (Å²) < 4.78 is 19.1. The number of rotatable bonds is 5. The predicted octanol–water partition coefficient (Wildman–Crippen LogP) is 13.6. The molecule has 244 valence electrons. The van der Waals surface area contributed by atoms with Gasteiger partial charge in [0.1, 0.15) is 27.8 Å². The largest absolute Gasteiger partial charge is 0.456 e. The first kappa shape index (κ1) is 28.7. The number of hydrogen-bond donors (Lipinski definition) is 0. The van der Waals surface area contributed by atoms with Gasteiger partial charge in [0.2, 0.25) is 5.89 Å². The zero-order valence-electron chi connectivity index (χ0n) is 27.8. The van der Waals surface area contributed by atoms with Gasteiger partial charge in [-0.1, -0.05) is 91.0 Å². The predicted molar refractivity (Wildman–Crippen MR) is 212 cm³/mol. The minimum absolute atomic E-state index is 0.591. The van der Waals surface area contributed by atoms with Crippen molar-refractivity contribution < 1.29 is 13.3 Å². The van der Waals surface area contributed by atoms with Crippen LogP contribution in [0.25, 0.3) is 88.3 Å². The molecule has 0 amide bonds. The molecule has 0 aliphatic carbocycles. The summed E-state index contributed by atoms with van der Waals surface area (Å²) in [7, 11) is 0. The Kier molecular flexibility index (Phi) is 6.18. The fourth-order valence-electron chi connectivity index (χ4n) is 7.65. The normalized spacial score (nSPS) is 11.8. The molecule has 0 fully saturated rings. The first-order valence-corrected chi connectivity index (χ1v) is 17.4. The Bertz CT molecular complexity index is 3130. The van der Waals surface area contributed by atoms with E-state index < -0.39 is 0 Å². The summed E-state index contributed by atoms with van der Waals surface area (Å²) in [5.41, 5.74) is 11.0. The van der Waals surface area contributed by atoms with Gasteiger partial charge >= 0.3 is 0 Å². The summed E-state index contributed by atoms with van der Waals surface area (Å²) >= 11 is 0. The number of aromatic nitrogens is 1. The molecule has 5 nitrogen and oxygen atoms in total. The minimum Gasteiger partial charge on any atom is -0.456 e. The Morgan fingerprint density at radius 2 is 1.02 bits per heavy atom. The molecule has 8 aromatic carbocycles. The molecule has 0 radical (unpaired) electrons. The fraction of sp³-hybridized carbons (Fsp3) is 0. The van der Waals surface area contributed by atoms with E-state index in [0.29, 0.717) is 5.89 Å². The first-order chi connectivity index (χ1) is 25.7. The molecule has 0 unspecified atom stereocenters. The van der Waals surface area contributed by atoms with E-state index >= 15 is 0 Å². The lowest BCUT2D eigenvalue weighted by atomic mass is 9.98. The Hall–Kier alpha value is -7.11. The van der Waals surface area contributed by atoms with Gasteiger partial charge in [-0.05, 0) is 88.6 Å². The lowest BCUT2D eigenvalue weighted by Gasteiger charge is -2.25. The fourth-order valence-corrected chi connectivity index (χ4v) is 7.65. The van der Waals surface area contributed by atoms with Crippen LogP contribution in [0.2, 0.25) is 0 Å². The van der Waals surface area contributed by atoms with Crippen LogP contribution in [0.4, 0.5) is 17.1 Å². The average Bonchev–Trinajstić information content (AvgIpc) is 3.91. The summed E-state index contributed by atoms with van der Waals surface area (Å²) in [6.07, 6.45) is 0. The van der Waals surface area contributed by atoms with Crippen LogP contribution in [-0.2, 0) is 0 Å². The van der Waals surface area contributed by atoms with Crippen molar-refractivity contribution in [1.29, 1.82) is 0 Å². The molecular formula is C47H28N2O3. The lowest BCUT2D eigenvalue weighted by molar-refractivity contribution is 0.619. The Labute approximate surface area is 297 Å². The molecule has 0 atom stereocenters. The maximum Gasteiger partial charge on any atom is 0.227 e. The minimum atomic E-state index is 0.591. The van der Waals surface area contributed by atoms with Gasteiger partial charge in [-0.3, -0.25) is 0 Å². The Morgan fingerprint density at radius 1 is 0.385 bits per heavy atom. The van der Waals surface area contributed by atoms with Crippen LogP contribution < -0.4 is 4.90 Å². The van der Waals surface area contributed by atoms with Crippen LogP contribution in [0.1, 0.15) is 0 Å².